The quantitative estimate of drug-likeness (QED) is 0.0261. The van der Waals surface area contributed by atoms with E-state index in [9.17, 15) is 14.4 Å². The Morgan fingerprint density at radius 1 is 0.256 bits per heavy atom. The van der Waals surface area contributed by atoms with Gasteiger partial charge in [-0.05, 0) is 96.3 Å². The van der Waals surface area contributed by atoms with E-state index in [2.05, 4.69) is 106 Å². The Bertz CT molecular complexity index is 1550. The second kappa shape index (κ2) is 70.1. The lowest BCUT2D eigenvalue weighted by atomic mass is 10.0. The average Bonchev–Trinajstić information content (AvgIpc) is 3.47. The molecule has 0 saturated carbocycles. The lowest BCUT2D eigenvalue weighted by Gasteiger charge is -2.18. The van der Waals surface area contributed by atoms with Crippen molar-refractivity contribution in [1.82, 2.24) is 0 Å². The first-order valence-corrected chi connectivity index (χ1v) is 35.6. The van der Waals surface area contributed by atoms with Crippen LogP contribution < -0.4 is 0 Å². The molecule has 0 aliphatic rings. The van der Waals surface area contributed by atoms with Gasteiger partial charge in [-0.3, -0.25) is 14.4 Å². The predicted molar refractivity (Wildman–Crippen MR) is 358 cm³/mol. The minimum absolute atomic E-state index is 0.0821. The third-order valence-electron chi connectivity index (χ3n) is 15.6. The molecule has 0 amide bonds. The zero-order chi connectivity index (χ0) is 59.2. The van der Waals surface area contributed by atoms with Crippen molar-refractivity contribution in [3.63, 3.8) is 0 Å². The van der Waals surface area contributed by atoms with Crippen molar-refractivity contribution in [3.8, 4) is 0 Å². The molecule has 474 valence electrons. The van der Waals surface area contributed by atoms with Crippen LogP contribution in [0.3, 0.4) is 0 Å². The van der Waals surface area contributed by atoms with Gasteiger partial charge in [-0.25, -0.2) is 0 Å². The Kier molecular flexibility index (Phi) is 67.2. The molecule has 0 bridgehead atoms. The largest absolute Gasteiger partial charge is 0.462 e. The molecule has 0 radical (unpaired) electrons. The molecular formula is C76H134O6. The highest BCUT2D eigenvalue weighted by Crippen LogP contribution is 2.18. The molecule has 0 fully saturated rings. The van der Waals surface area contributed by atoms with E-state index in [0.29, 0.717) is 19.3 Å². The lowest BCUT2D eigenvalue weighted by Crippen LogP contribution is -2.30. The fourth-order valence-corrected chi connectivity index (χ4v) is 10.3. The minimum Gasteiger partial charge on any atom is -0.462 e. The van der Waals surface area contributed by atoms with E-state index < -0.39 is 6.10 Å². The van der Waals surface area contributed by atoms with Crippen molar-refractivity contribution in [2.75, 3.05) is 13.2 Å². The molecule has 82 heavy (non-hydrogen) atoms. The Hall–Kier alpha value is -3.41. The Morgan fingerprint density at radius 2 is 0.476 bits per heavy atom. The number of carbonyl (C=O) groups is 3. The SMILES string of the molecule is CC/C=C\C/C=C\C/C=C\C/C=C\C/C=C\C/C=C\CCCCCCCCC(=O)OC(COC(=O)CCCCCCC/C=C\CCCCCC)COC(=O)CCCCCCCCCCCCCCCCCCCCCCCCCCCC. The van der Waals surface area contributed by atoms with Crippen LogP contribution in [0.1, 0.15) is 361 Å². The first kappa shape index (κ1) is 78.6. The molecule has 0 aliphatic heterocycles. The molecule has 0 rings (SSSR count). The van der Waals surface area contributed by atoms with Crippen LogP contribution >= 0.6 is 0 Å². The monoisotopic (exact) mass is 1140 g/mol. The molecule has 0 saturated heterocycles. The summed E-state index contributed by atoms with van der Waals surface area (Å²) in [5.74, 6) is -0.888. The highest BCUT2D eigenvalue weighted by atomic mass is 16.6. The summed E-state index contributed by atoms with van der Waals surface area (Å²) in [6.07, 6.45) is 93.3. The fraction of sp³-hybridized carbons (Fsp3) is 0.776. The molecule has 0 spiro atoms. The van der Waals surface area contributed by atoms with E-state index in [4.69, 9.17) is 14.2 Å². The van der Waals surface area contributed by atoms with Gasteiger partial charge in [-0.1, -0.05) is 331 Å². The van der Waals surface area contributed by atoms with Gasteiger partial charge in [-0.15, -0.1) is 0 Å². The number of esters is 3. The Morgan fingerprint density at radius 3 is 0.768 bits per heavy atom. The van der Waals surface area contributed by atoms with Crippen LogP contribution in [0.5, 0.6) is 0 Å². The molecule has 0 aromatic rings. The van der Waals surface area contributed by atoms with Gasteiger partial charge in [0.05, 0.1) is 0 Å². The van der Waals surface area contributed by atoms with Gasteiger partial charge in [0.25, 0.3) is 0 Å². The van der Waals surface area contributed by atoms with Crippen molar-refractivity contribution in [2.24, 2.45) is 0 Å². The zero-order valence-corrected chi connectivity index (χ0v) is 54.5. The van der Waals surface area contributed by atoms with Gasteiger partial charge < -0.3 is 14.2 Å². The molecule has 0 heterocycles. The summed E-state index contributed by atoms with van der Waals surface area (Å²) in [5.41, 5.74) is 0. The van der Waals surface area contributed by atoms with Crippen molar-refractivity contribution >= 4 is 17.9 Å². The third-order valence-corrected chi connectivity index (χ3v) is 15.6. The summed E-state index contributed by atoms with van der Waals surface area (Å²) < 4.78 is 17.0. The maximum Gasteiger partial charge on any atom is 0.306 e. The van der Waals surface area contributed by atoms with Crippen LogP contribution in [0.25, 0.3) is 0 Å². The van der Waals surface area contributed by atoms with Gasteiger partial charge in [0.2, 0.25) is 0 Å². The van der Waals surface area contributed by atoms with Crippen LogP contribution in [0, 0.1) is 0 Å². The highest BCUT2D eigenvalue weighted by Gasteiger charge is 2.19. The maximum absolute atomic E-state index is 13.0. The first-order chi connectivity index (χ1) is 40.5. The number of rotatable bonds is 65. The van der Waals surface area contributed by atoms with Gasteiger partial charge in [0.15, 0.2) is 6.10 Å². The first-order valence-electron chi connectivity index (χ1n) is 35.6. The van der Waals surface area contributed by atoms with Crippen molar-refractivity contribution in [1.29, 1.82) is 0 Å². The fourth-order valence-electron chi connectivity index (χ4n) is 10.3. The second-order valence-electron chi connectivity index (χ2n) is 23.8. The Labute approximate surface area is 509 Å². The van der Waals surface area contributed by atoms with Gasteiger partial charge in [0.1, 0.15) is 13.2 Å². The molecule has 6 nitrogen and oxygen atoms in total. The molecule has 0 aromatic heterocycles. The smallest absolute Gasteiger partial charge is 0.306 e. The number of hydrogen-bond acceptors (Lipinski definition) is 6. The summed E-state index contributed by atoms with van der Waals surface area (Å²) in [6.45, 7) is 6.54. The van der Waals surface area contributed by atoms with Crippen LogP contribution in [-0.2, 0) is 28.6 Å². The number of hydrogen-bond donors (Lipinski definition) is 0. The van der Waals surface area contributed by atoms with Crippen molar-refractivity contribution < 1.29 is 28.6 Å². The molecule has 0 N–H and O–H groups in total. The van der Waals surface area contributed by atoms with E-state index in [1.807, 2.05) is 0 Å². The normalized spacial score (nSPS) is 12.6. The topological polar surface area (TPSA) is 78.9 Å². The summed E-state index contributed by atoms with van der Waals surface area (Å²) in [5, 5.41) is 0. The molecule has 1 unspecified atom stereocenters. The van der Waals surface area contributed by atoms with Gasteiger partial charge in [-0.2, -0.15) is 0 Å². The van der Waals surface area contributed by atoms with E-state index in [1.54, 1.807) is 0 Å². The second-order valence-corrected chi connectivity index (χ2v) is 23.8. The van der Waals surface area contributed by atoms with Crippen LogP contribution in [-0.4, -0.2) is 37.2 Å². The van der Waals surface area contributed by atoms with Gasteiger partial charge in [0, 0.05) is 19.3 Å². The number of ether oxygens (including phenoxy) is 3. The van der Waals surface area contributed by atoms with E-state index in [-0.39, 0.29) is 31.1 Å². The number of carbonyl (C=O) groups excluding carboxylic acids is 3. The standard InChI is InChI=1S/C76H134O6/c1-4-7-10-13-16-19-22-25-27-29-31-33-35-37-39-40-42-44-46-48-51-54-57-60-63-66-69-75(78)81-72-73(71-80-74(77)68-65-62-59-56-53-50-24-21-18-15-12-9-6-3)82-76(79)70-67-64-61-58-55-52-49-47-45-43-41-38-36-34-32-30-28-26-23-20-17-14-11-8-5-2/h8,11,17,20-21,24,26,28,32,34,38,41,45,47,73H,4-7,9-10,12-16,18-19,22-23,25,27,29-31,33,35-37,39-40,42-44,46,48-72H2,1-3H3/b11-8-,20-17-,24-21-,28-26-,34-32-,41-38-,47-45-. The van der Waals surface area contributed by atoms with Crippen LogP contribution in [0.15, 0.2) is 85.1 Å². The predicted octanol–water partition coefficient (Wildman–Crippen LogP) is 24.6. The number of allylic oxidation sites excluding steroid dienone is 14. The molecular weight excluding hydrogens is 1010 g/mol. The van der Waals surface area contributed by atoms with Crippen molar-refractivity contribution in [3.05, 3.63) is 85.1 Å². The lowest BCUT2D eigenvalue weighted by molar-refractivity contribution is -0.167. The summed E-state index contributed by atoms with van der Waals surface area (Å²) in [7, 11) is 0. The zero-order valence-electron chi connectivity index (χ0n) is 54.5. The minimum atomic E-state index is -0.789. The number of unbranched alkanes of at least 4 members (excludes halogenated alkanes) is 40. The van der Waals surface area contributed by atoms with Gasteiger partial charge >= 0.3 is 17.9 Å². The summed E-state index contributed by atoms with van der Waals surface area (Å²) in [6, 6.07) is 0. The molecule has 0 aromatic carbocycles. The van der Waals surface area contributed by atoms with E-state index >= 15 is 0 Å². The van der Waals surface area contributed by atoms with E-state index in [1.165, 1.54) is 205 Å². The average molecular weight is 1140 g/mol. The van der Waals surface area contributed by atoms with E-state index in [0.717, 1.165) is 116 Å². The highest BCUT2D eigenvalue weighted by molar-refractivity contribution is 5.71. The Balaban J connectivity index is 4.29. The third kappa shape index (κ3) is 67.4. The molecule has 0 aliphatic carbocycles. The molecule has 1 atom stereocenters. The molecule has 6 heteroatoms. The van der Waals surface area contributed by atoms with Crippen molar-refractivity contribution in [2.45, 2.75) is 367 Å². The summed E-state index contributed by atoms with van der Waals surface area (Å²) in [4.78, 5) is 38.4. The summed E-state index contributed by atoms with van der Waals surface area (Å²) >= 11 is 0. The van der Waals surface area contributed by atoms with Crippen LogP contribution in [0.4, 0.5) is 0 Å². The van der Waals surface area contributed by atoms with Crippen LogP contribution in [0.2, 0.25) is 0 Å². The maximum atomic E-state index is 13.0.